The maximum atomic E-state index is 13.4. The predicted octanol–water partition coefficient (Wildman–Crippen LogP) is 3.22. The minimum absolute atomic E-state index is 0.0996. The van der Waals surface area contributed by atoms with Crippen LogP contribution in [-0.4, -0.2) is 19.1 Å². The van der Waals surface area contributed by atoms with E-state index in [9.17, 15) is 9.18 Å². The van der Waals surface area contributed by atoms with Crippen LogP contribution in [0.15, 0.2) is 48.5 Å². The van der Waals surface area contributed by atoms with Crippen molar-refractivity contribution in [1.82, 2.24) is 5.32 Å². The van der Waals surface area contributed by atoms with Gasteiger partial charge in [0.05, 0.1) is 0 Å². The summed E-state index contributed by atoms with van der Waals surface area (Å²) in [7, 11) is 0. The quantitative estimate of drug-likeness (QED) is 0.890. The Labute approximate surface area is 127 Å². The van der Waals surface area contributed by atoms with Crippen molar-refractivity contribution < 1.29 is 13.9 Å². The number of nitrogens with one attached hydrogen (secondary N) is 1. The second-order valence-corrected chi connectivity index (χ2v) is 4.87. The van der Waals surface area contributed by atoms with Gasteiger partial charge in [-0.25, -0.2) is 4.39 Å². The smallest absolute Gasteiger partial charge is 0.257 e. The summed E-state index contributed by atoms with van der Waals surface area (Å²) >= 11 is 5.81. The summed E-state index contributed by atoms with van der Waals surface area (Å²) in [6, 6.07) is 13.3. The fraction of sp³-hybridized carbons (Fsp3) is 0.188. The number of ether oxygens (including phenoxy) is 1. The summed E-state index contributed by atoms with van der Waals surface area (Å²) in [5.41, 5.74) is 0.577. The van der Waals surface area contributed by atoms with Crippen LogP contribution in [-0.2, 0) is 11.2 Å². The van der Waals surface area contributed by atoms with Gasteiger partial charge in [-0.2, -0.15) is 0 Å². The molecule has 3 nitrogen and oxygen atoms in total. The highest BCUT2D eigenvalue weighted by atomic mass is 35.5. The fourth-order valence-corrected chi connectivity index (χ4v) is 1.97. The Morgan fingerprint density at radius 3 is 2.76 bits per heavy atom. The molecule has 110 valence electrons. The van der Waals surface area contributed by atoms with E-state index >= 15 is 0 Å². The highest BCUT2D eigenvalue weighted by molar-refractivity contribution is 6.30. The minimum atomic E-state index is -0.262. The van der Waals surface area contributed by atoms with E-state index < -0.39 is 0 Å². The van der Waals surface area contributed by atoms with Crippen LogP contribution in [0.3, 0.4) is 0 Å². The molecule has 2 aromatic carbocycles. The van der Waals surface area contributed by atoms with Crippen LogP contribution in [0.5, 0.6) is 5.75 Å². The first-order chi connectivity index (χ1) is 10.1. The Morgan fingerprint density at radius 1 is 1.19 bits per heavy atom. The molecule has 0 atom stereocenters. The molecule has 1 N–H and O–H groups in total. The van der Waals surface area contributed by atoms with Gasteiger partial charge in [0, 0.05) is 11.6 Å². The van der Waals surface area contributed by atoms with E-state index in [1.54, 1.807) is 42.5 Å². The van der Waals surface area contributed by atoms with Gasteiger partial charge in [0.2, 0.25) is 0 Å². The summed E-state index contributed by atoms with van der Waals surface area (Å²) in [6.45, 7) is 0.260. The number of amides is 1. The molecule has 0 aliphatic carbocycles. The van der Waals surface area contributed by atoms with E-state index in [-0.39, 0.29) is 18.3 Å². The zero-order valence-corrected chi connectivity index (χ0v) is 12.1. The summed E-state index contributed by atoms with van der Waals surface area (Å²) in [4.78, 5) is 11.6. The van der Waals surface area contributed by atoms with Crippen LogP contribution in [0.25, 0.3) is 0 Å². The molecule has 0 spiro atoms. The van der Waals surface area contributed by atoms with Crippen molar-refractivity contribution in [1.29, 1.82) is 0 Å². The number of benzene rings is 2. The van der Waals surface area contributed by atoms with E-state index in [4.69, 9.17) is 16.3 Å². The number of halogens is 2. The van der Waals surface area contributed by atoms with Crippen LogP contribution < -0.4 is 10.1 Å². The number of hydrogen-bond donors (Lipinski definition) is 1. The molecule has 2 aromatic rings. The Morgan fingerprint density at radius 2 is 2.00 bits per heavy atom. The van der Waals surface area contributed by atoms with Gasteiger partial charge in [-0.3, -0.25) is 4.79 Å². The first kappa shape index (κ1) is 15.3. The summed E-state index contributed by atoms with van der Waals surface area (Å²) in [6.07, 6.45) is 0.440. The van der Waals surface area contributed by atoms with Gasteiger partial charge in [-0.15, -0.1) is 0 Å². The molecule has 0 aliphatic heterocycles. The molecule has 0 fully saturated rings. The van der Waals surface area contributed by atoms with Gasteiger partial charge >= 0.3 is 0 Å². The van der Waals surface area contributed by atoms with Gasteiger partial charge in [0.25, 0.3) is 5.91 Å². The first-order valence-electron chi connectivity index (χ1n) is 6.53. The lowest BCUT2D eigenvalue weighted by molar-refractivity contribution is -0.123. The molecule has 0 aliphatic rings. The Kier molecular flexibility index (Phi) is 5.58. The second kappa shape index (κ2) is 7.64. The van der Waals surface area contributed by atoms with Crippen LogP contribution in [0.2, 0.25) is 5.02 Å². The molecule has 5 heteroatoms. The molecular weight excluding hydrogens is 293 g/mol. The van der Waals surface area contributed by atoms with Gasteiger partial charge in [-0.1, -0.05) is 35.9 Å². The van der Waals surface area contributed by atoms with E-state index in [1.165, 1.54) is 6.07 Å². The standard InChI is InChI=1S/C16H15ClFNO2/c17-13-5-3-6-14(10-13)21-11-16(20)19-9-8-12-4-1-2-7-15(12)18/h1-7,10H,8-9,11H2,(H,19,20). The van der Waals surface area contributed by atoms with Crippen LogP contribution in [0.4, 0.5) is 4.39 Å². The van der Waals surface area contributed by atoms with Crippen molar-refractivity contribution in [2.24, 2.45) is 0 Å². The lowest BCUT2D eigenvalue weighted by Crippen LogP contribution is -2.30. The SMILES string of the molecule is O=C(COc1cccc(Cl)c1)NCCc1ccccc1F. The van der Waals surface area contributed by atoms with E-state index in [2.05, 4.69) is 5.32 Å². The van der Waals surface area contributed by atoms with Gasteiger partial charge < -0.3 is 10.1 Å². The van der Waals surface area contributed by atoms with Crippen molar-refractivity contribution in [2.75, 3.05) is 13.2 Å². The molecule has 21 heavy (non-hydrogen) atoms. The largest absolute Gasteiger partial charge is 0.484 e. The van der Waals surface area contributed by atoms with E-state index in [0.29, 0.717) is 29.3 Å². The monoisotopic (exact) mass is 307 g/mol. The summed E-state index contributed by atoms with van der Waals surface area (Å²) in [5.74, 6) is 0.0139. The Bertz CT molecular complexity index is 619. The van der Waals surface area contributed by atoms with Gasteiger partial charge in [0.1, 0.15) is 11.6 Å². The van der Waals surface area contributed by atoms with Crippen LogP contribution >= 0.6 is 11.6 Å². The molecule has 0 saturated heterocycles. The Balaban J connectivity index is 1.72. The average molecular weight is 308 g/mol. The topological polar surface area (TPSA) is 38.3 Å². The highest BCUT2D eigenvalue weighted by Gasteiger charge is 2.04. The number of rotatable bonds is 6. The van der Waals surface area contributed by atoms with Crippen molar-refractivity contribution in [3.8, 4) is 5.75 Å². The third-order valence-corrected chi connectivity index (χ3v) is 3.08. The molecule has 0 bridgehead atoms. The maximum Gasteiger partial charge on any atom is 0.257 e. The molecule has 0 saturated carbocycles. The average Bonchev–Trinajstić information content (AvgIpc) is 2.47. The van der Waals surface area contributed by atoms with Crippen LogP contribution in [0.1, 0.15) is 5.56 Å². The number of carbonyl (C=O) groups excluding carboxylic acids is 1. The normalized spacial score (nSPS) is 10.2. The lowest BCUT2D eigenvalue weighted by Gasteiger charge is -2.08. The maximum absolute atomic E-state index is 13.4. The summed E-state index contributed by atoms with van der Waals surface area (Å²) < 4.78 is 18.7. The third-order valence-electron chi connectivity index (χ3n) is 2.84. The molecule has 0 radical (unpaired) electrons. The van der Waals surface area contributed by atoms with Gasteiger partial charge in [-0.05, 0) is 36.2 Å². The van der Waals surface area contributed by atoms with Crippen molar-refractivity contribution >= 4 is 17.5 Å². The van der Waals surface area contributed by atoms with Crippen molar-refractivity contribution in [3.63, 3.8) is 0 Å². The molecule has 2 rings (SSSR count). The highest BCUT2D eigenvalue weighted by Crippen LogP contribution is 2.16. The molecule has 0 aromatic heterocycles. The Hall–Kier alpha value is -2.07. The van der Waals surface area contributed by atoms with E-state index in [1.807, 2.05) is 0 Å². The molecule has 0 heterocycles. The van der Waals surface area contributed by atoms with Crippen molar-refractivity contribution in [3.05, 3.63) is 64.9 Å². The van der Waals surface area contributed by atoms with E-state index in [0.717, 1.165) is 0 Å². The first-order valence-corrected chi connectivity index (χ1v) is 6.91. The number of hydrogen-bond acceptors (Lipinski definition) is 2. The third kappa shape index (κ3) is 5.08. The van der Waals surface area contributed by atoms with Crippen LogP contribution in [0, 0.1) is 5.82 Å². The molecular formula is C16H15ClFNO2. The van der Waals surface area contributed by atoms with Gasteiger partial charge in [0.15, 0.2) is 6.61 Å². The summed E-state index contributed by atoms with van der Waals surface area (Å²) in [5, 5.41) is 3.23. The zero-order chi connectivity index (χ0) is 15.1. The number of carbonyl (C=O) groups is 1. The molecule has 1 amide bonds. The lowest BCUT2D eigenvalue weighted by atomic mass is 10.1. The second-order valence-electron chi connectivity index (χ2n) is 4.44. The fourth-order valence-electron chi connectivity index (χ4n) is 1.79. The predicted molar refractivity (Wildman–Crippen MR) is 80.1 cm³/mol. The van der Waals surface area contributed by atoms with Crippen molar-refractivity contribution in [2.45, 2.75) is 6.42 Å². The zero-order valence-electron chi connectivity index (χ0n) is 11.3. The minimum Gasteiger partial charge on any atom is -0.484 e. The molecule has 0 unspecified atom stereocenters.